The van der Waals surface area contributed by atoms with Crippen molar-refractivity contribution >= 4 is 5.97 Å². The van der Waals surface area contributed by atoms with Crippen LogP contribution in [0.2, 0.25) is 0 Å². The van der Waals surface area contributed by atoms with Crippen molar-refractivity contribution in [3.63, 3.8) is 0 Å². The van der Waals surface area contributed by atoms with E-state index in [1.807, 2.05) is 0 Å². The molecule has 0 radical (unpaired) electrons. The summed E-state index contributed by atoms with van der Waals surface area (Å²) in [4.78, 5) is 14.2. The van der Waals surface area contributed by atoms with Crippen LogP contribution in [0.3, 0.4) is 0 Å². The summed E-state index contributed by atoms with van der Waals surface area (Å²) in [6, 6.07) is 0. The Morgan fingerprint density at radius 3 is 2.67 bits per heavy atom. The van der Waals surface area contributed by atoms with Crippen molar-refractivity contribution in [1.82, 2.24) is 10.1 Å². The molecule has 100 valence electrons. The second-order valence-corrected chi connectivity index (χ2v) is 4.36. The molecule has 2 atom stereocenters. The van der Waals surface area contributed by atoms with Crippen LogP contribution in [0.15, 0.2) is 4.52 Å². The minimum atomic E-state index is -4.23. The zero-order valence-corrected chi connectivity index (χ0v) is 9.28. The first-order valence-corrected chi connectivity index (χ1v) is 5.51. The van der Waals surface area contributed by atoms with Gasteiger partial charge in [-0.15, -0.1) is 0 Å². The van der Waals surface area contributed by atoms with E-state index in [1.54, 1.807) is 0 Å². The summed E-state index contributed by atoms with van der Waals surface area (Å²) in [7, 11) is 0. The highest BCUT2D eigenvalue weighted by Crippen LogP contribution is 2.43. The van der Waals surface area contributed by atoms with Gasteiger partial charge in [0.15, 0.2) is 0 Å². The van der Waals surface area contributed by atoms with E-state index < -0.39 is 29.8 Å². The highest BCUT2D eigenvalue weighted by Gasteiger charge is 2.43. The maximum atomic E-state index is 12.6. The van der Waals surface area contributed by atoms with E-state index in [4.69, 9.17) is 9.63 Å². The van der Waals surface area contributed by atoms with Gasteiger partial charge in [0.25, 0.3) is 5.82 Å². The Bertz CT molecular complexity index is 444. The van der Waals surface area contributed by atoms with Gasteiger partial charge >= 0.3 is 12.1 Å². The monoisotopic (exact) mass is 264 g/mol. The van der Waals surface area contributed by atoms with Crippen LogP contribution in [0.4, 0.5) is 13.2 Å². The summed E-state index contributed by atoms with van der Waals surface area (Å²) in [5.74, 6) is -3.77. The van der Waals surface area contributed by atoms with Gasteiger partial charge in [0, 0.05) is 5.92 Å². The van der Waals surface area contributed by atoms with E-state index in [9.17, 15) is 18.0 Å². The molecule has 0 amide bonds. The molecule has 8 heteroatoms. The molecule has 1 saturated carbocycles. The van der Waals surface area contributed by atoms with Gasteiger partial charge in [0.05, 0.1) is 5.92 Å². The number of nitrogens with zero attached hydrogens (tertiary/aromatic N) is 2. The summed E-state index contributed by atoms with van der Waals surface area (Å²) in [6.07, 6.45) is -3.33. The average molecular weight is 264 g/mol. The number of hydrogen-bond acceptors (Lipinski definition) is 4. The fourth-order valence-corrected chi connectivity index (χ4v) is 2.20. The second kappa shape index (κ2) is 4.58. The SMILES string of the molecule is O=C(O)c1noc(C2CCCC(C(F)(F)F)C2)n1. The van der Waals surface area contributed by atoms with Crippen molar-refractivity contribution in [1.29, 1.82) is 0 Å². The summed E-state index contributed by atoms with van der Waals surface area (Å²) in [6.45, 7) is 0. The number of alkyl halides is 3. The van der Waals surface area contributed by atoms with Crippen LogP contribution < -0.4 is 0 Å². The molecule has 1 heterocycles. The third-order valence-electron chi connectivity index (χ3n) is 3.12. The van der Waals surface area contributed by atoms with Crippen molar-refractivity contribution in [2.24, 2.45) is 5.92 Å². The van der Waals surface area contributed by atoms with Gasteiger partial charge < -0.3 is 9.63 Å². The van der Waals surface area contributed by atoms with E-state index >= 15 is 0 Å². The Kier molecular flexibility index (Phi) is 3.27. The lowest BCUT2D eigenvalue weighted by atomic mass is 9.81. The molecular weight excluding hydrogens is 253 g/mol. The van der Waals surface area contributed by atoms with E-state index in [0.29, 0.717) is 12.8 Å². The molecule has 0 saturated heterocycles. The van der Waals surface area contributed by atoms with Crippen LogP contribution in [0.25, 0.3) is 0 Å². The van der Waals surface area contributed by atoms with Gasteiger partial charge in [-0.2, -0.15) is 18.2 Å². The number of aromatic nitrogens is 2. The topological polar surface area (TPSA) is 76.2 Å². The Hall–Kier alpha value is -1.60. The number of carbonyl (C=O) groups is 1. The highest BCUT2D eigenvalue weighted by atomic mass is 19.4. The minimum absolute atomic E-state index is 0.0126. The normalized spacial score (nSPS) is 25.1. The van der Waals surface area contributed by atoms with Crippen molar-refractivity contribution < 1.29 is 27.6 Å². The zero-order valence-electron chi connectivity index (χ0n) is 9.28. The molecule has 1 aliphatic rings. The van der Waals surface area contributed by atoms with Crippen molar-refractivity contribution in [3.8, 4) is 0 Å². The van der Waals surface area contributed by atoms with Gasteiger partial charge in [-0.05, 0) is 24.4 Å². The molecule has 18 heavy (non-hydrogen) atoms. The Morgan fingerprint density at radius 2 is 2.11 bits per heavy atom. The lowest BCUT2D eigenvalue weighted by molar-refractivity contribution is -0.183. The number of carboxylic acids is 1. The van der Waals surface area contributed by atoms with Crippen LogP contribution in [-0.4, -0.2) is 27.4 Å². The predicted molar refractivity (Wildman–Crippen MR) is 52.0 cm³/mol. The number of halogens is 3. The Balaban J connectivity index is 2.10. The molecule has 5 nitrogen and oxygen atoms in total. The fourth-order valence-electron chi connectivity index (χ4n) is 2.20. The number of hydrogen-bond donors (Lipinski definition) is 1. The highest BCUT2D eigenvalue weighted by molar-refractivity contribution is 5.82. The van der Waals surface area contributed by atoms with E-state index in [1.165, 1.54) is 0 Å². The van der Waals surface area contributed by atoms with Crippen molar-refractivity contribution in [3.05, 3.63) is 11.7 Å². The lowest BCUT2D eigenvalue weighted by Gasteiger charge is -2.28. The van der Waals surface area contributed by atoms with Gasteiger partial charge in [-0.1, -0.05) is 6.42 Å². The number of aromatic carboxylic acids is 1. The summed E-state index contributed by atoms with van der Waals surface area (Å²) >= 11 is 0. The molecule has 1 aromatic heterocycles. The third kappa shape index (κ3) is 2.62. The predicted octanol–water partition coefficient (Wildman–Crippen LogP) is 2.60. The summed E-state index contributed by atoms with van der Waals surface area (Å²) in [5, 5.41) is 11.8. The molecule has 1 aromatic rings. The number of carboxylic acid groups (broad SMARTS) is 1. The second-order valence-electron chi connectivity index (χ2n) is 4.36. The molecule has 1 N–H and O–H groups in total. The van der Waals surface area contributed by atoms with Gasteiger partial charge in [0.2, 0.25) is 5.89 Å². The Morgan fingerprint density at radius 1 is 1.39 bits per heavy atom. The molecule has 1 fully saturated rings. The van der Waals surface area contributed by atoms with Gasteiger partial charge in [-0.25, -0.2) is 4.79 Å². The molecule has 2 unspecified atom stereocenters. The first-order chi connectivity index (χ1) is 8.38. The first kappa shape index (κ1) is 12.8. The molecule has 1 aliphatic carbocycles. The van der Waals surface area contributed by atoms with E-state index in [2.05, 4.69) is 10.1 Å². The first-order valence-electron chi connectivity index (χ1n) is 5.51. The summed E-state index contributed by atoms with van der Waals surface area (Å²) in [5.41, 5.74) is 0. The standard InChI is InChI=1S/C10H11F3N2O3/c11-10(12,13)6-3-1-2-5(4-6)8-14-7(9(16)17)15-18-8/h5-6H,1-4H2,(H,16,17). The minimum Gasteiger partial charge on any atom is -0.475 e. The molecule has 0 aliphatic heterocycles. The lowest BCUT2D eigenvalue weighted by Crippen LogP contribution is -2.28. The van der Waals surface area contributed by atoms with Crippen LogP contribution in [0.5, 0.6) is 0 Å². The van der Waals surface area contributed by atoms with E-state index in [-0.39, 0.29) is 18.7 Å². The maximum Gasteiger partial charge on any atom is 0.391 e. The average Bonchev–Trinajstić information content (AvgIpc) is 2.77. The van der Waals surface area contributed by atoms with Crippen molar-refractivity contribution in [2.75, 3.05) is 0 Å². The van der Waals surface area contributed by atoms with Crippen LogP contribution in [0.1, 0.15) is 48.1 Å². The molecular formula is C10H11F3N2O3. The molecule has 0 aromatic carbocycles. The number of rotatable bonds is 2. The van der Waals surface area contributed by atoms with Crippen LogP contribution in [0, 0.1) is 5.92 Å². The molecule has 2 rings (SSSR count). The molecule has 0 bridgehead atoms. The van der Waals surface area contributed by atoms with Gasteiger partial charge in [0.1, 0.15) is 0 Å². The van der Waals surface area contributed by atoms with Crippen LogP contribution in [-0.2, 0) is 0 Å². The summed E-state index contributed by atoms with van der Waals surface area (Å²) < 4.78 is 42.5. The fraction of sp³-hybridized carbons (Fsp3) is 0.700. The van der Waals surface area contributed by atoms with Crippen LogP contribution >= 0.6 is 0 Å². The largest absolute Gasteiger partial charge is 0.475 e. The van der Waals surface area contributed by atoms with E-state index in [0.717, 1.165) is 0 Å². The zero-order chi connectivity index (χ0) is 13.3. The smallest absolute Gasteiger partial charge is 0.391 e. The maximum absolute atomic E-state index is 12.6. The van der Waals surface area contributed by atoms with Crippen molar-refractivity contribution in [2.45, 2.75) is 37.8 Å². The van der Waals surface area contributed by atoms with Gasteiger partial charge in [-0.3, -0.25) is 0 Å². The third-order valence-corrected chi connectivity index (χ3v) is 3.12. The quantitative estimate of drug-likeness (QED) is 0.888. The Labute approximate surface area is 100.0 Å². The molecule has 0 spiro atoms.